The number of nitrogens with zero attached hydrogens (tertiary/aromatic N) is 2. The van der Waals surface area contributed by atoms with Crippen molar-refractivity contribution < 1.29 is 9.53 Å². The quantitative estimate of drug-likeness (QED) is 0.839. The average Bonchev–Trinajstić information content (AvgIpc) is 3.28. The van der Waals surface area contributed by atoms with Crippen molar-refractivity contribution in [2.75, 3.05) is 39.4 Å². The third-order valence-corrected chi connectivity index (χ3v) is 5.51. The van der Waals surface area contributed by atoms with Gasteiger partial charge in [-0.25, -0.2) is 4.79 Å². The molecule has 0 bridgehead atoms. The van der Waals surface area contributed by atoms with Gasteiger partial charge in [0, 0.05) is 38.6 Å². The number of ether oxygens (including phenoxy) is 1. The molecule has 0 aliphatic carbocycles. The van der Waals surface area contributed by atoms with Gasteiger partial charge in [0.2, 0.25) is 5.91 Å². The first kappa shape index (κ1) is 17.3. The van der Waals surface area contributed by atoms with Crippen LogP contribution in [0.1, 0.15) is 24.8 Å². The fraction of sp³-hybridized carbons (Fsp3) is 0.579. The molecule has 1 amide bonds. The zero-order valence-electron chi connectivity index (χ0n) is 15.0. The van der Waals surface area contributed by atoms with Gasteiger partial charge in [0.15, 0.2) is 0 Å². The number of hydrogen-bond acceptors (Lipinski definition) is 4. The molecule has 7 nitrogen and oxygen atoms in total. The second kappa shape index (κ2) is 7.63. The number of amides is 1. The summed E-state index contributed by atoms with van der Waals surface area (Å²) in [6, 6.07) is 6.41. The lowest BCUT2D eigenvalue weighted by Crippen LogP contribution is -2.45. The maximum absolute atomic E-state index is 12.5. The number of imidazole rings is 1. The smallest absolute Gasteiger partial charge is 0.323 e. The van der Waals surface area contributed by atoms with Crippen molar-refractivity contribution in [3.05, 3.63) is 34.2 Å². The van der Waals surface area contributed by atoms with Crippen molar-refractivity contribution in [1.82, 2.24) is 19.8 Å². The molecule has 1 aromatic heterocycles. The monoisotopic (exact) mass is 358 g/mol. The van der Waals surface area contributed by atoms with E-state index in [0.29, 0.717) is 12.5 Å². The normalized spacial score (nSPS) is 21.5. The third kappa shape index (κ3) is 3.83. The maximum Gasteiger partial charge on any atom is 0.323 e. The van der Waals surface area contributed by atoms with Gasteiger partial charge in [0.25, 0.3) is 0 Å². The number of carbonyl (C=O) groups excluding carboxylic acids is 1. The van der Waals surface area contributed by atoms with E-state index in [0.717, 1.165) is 75.3 Å². The Hall–Kier alpha value is -2.12. The second-order valence-electron chi connectivity index (χ2n) is 7.24. The Morgan fingerprint density at radius 1 is 1.15 bits per heavy atom. The van der Waals surface area contributed by atoms with Gasteiger partial charge < -0.3 is 19.6 Å². The first-order valence-corrected chi connectivity index (χ1v) is 9.49. The summed E-state index contributed by atoms with van der Waals surface area (Å²) >= 11 is 0. The molecule has 1 atom stereocenters. The van der Waals surface area contributed by atoms with E-state index in [4.69, 9.17) is 4.74 Å². The highest BCUT2D eigenvalue weighted by atomic mass is 16.5. The molecule has 26 heavy (non-hydrogen) atoms. The van der Waals surface area contributed by atoms with E-state index in [2.05, 4.69) is 14.9 Å². The number of benzene rings is 1. The number of aromatic amines is 2. The molecule has 1 aromatic carbocycles. The number of rotatable bonds is 5. The van der Waals surface area contributed by atoms with E-state index in [9.17, 15) is 9.59 Å². The number of aryl methyl sites for hydroxylation is 1. The van der Waals surface area contributed by atoms with E-state index in [1.54, 1.807) is 0 Å². The predicted molar refractivity (Wildman–Crippen MR) is 99.2 cm³/mol. The lowest BCUT2D eigenvalue weighted by Gasteiger charge is -2.32. The summed E-state index contributed by atoms with van der Waals surface area (Å²) in [6.45, 7) is 5.31. The van der Waals surface area contributed by atoms with E-state index in [-0.39, 0.29) is 11.6 Å². The van der Waals surface area contributed by atoms with Gasteiger partial charge in [-0.05, 0) is 37.0 Å². The first-order chi connectivity index (χ1) is 12.7. The summed E-state index contributed by atoms with van der Waals surface area (Å²) in [5, 5.41) is 0. The Kier molecular flexibility index (Phi) is 5.08. The molecule has 0 saturated carbocycles. The molecular formula is C19H26N4O3. The van der Waals surface area contributed by atoms with Crippen LogP contribution in [0.25, 0.3) is 11.0 Å². The van der Waals surface area contributed by atoms with Gasteiger partial charge in [0.1, 0.15) is 0 Å². The Morgan fingerprint density at radius 3 is 2.81 bits per heavy atom. The van der Waals surface area contributed by atoms with E-state index in [1.165, 1.54) is 0 Å². The number of nitrogens with one attached hydrogen (secondary N) is 2. The highest BCUT2D eigenvalue weighted by Gasteiger charge is 2.30. The fourth-order valence-corrected chi connectivity index (χ4v) is 4.05. The summed E-state index contributed by atoms with van der Waals surface area (Å²) in [5.41, 5.74) is 2.61. The number of fused-ring (bicyclic) bond motifs is 1. The zero-order chi connectivity index (χ0) is 17.9. The molecule has 0 spiro atoms. The molecule has 2 aliphatic rings. The molecule has 2 N–H and O–H groups in total. The minimum Gasteiger partial charge on any atom is -0.379 e. The standard InChI is InChI=1S/C19H26N4O3/c24-18(23-7-6-15(13-23)22-8-10-26-11-9-22)3-1-2-14-4-5-16-17(12-14)21-19(25)20-16/h4-5,12,15H,1-3,6-11,13H2,(H2,20,21,25). The summed E-state index contributed by atoms with van der Waals surface area (Å²) in [4.78, 5) is 33.8. The topological polar surface area (TPSA) is 81.4 Å². The van der Waals surface area contributed by atoms with Crippen molar-refractivity contribution in [3.8, 4) is 0 Å². The molecule has 4 rings (SSSR count). The molecular weight excluding hydrogens is 332 g/mol. The maximum atomic E-state index is 12.5. The number of likely N-dealkylation sites (tertiary alicyclic amines) is 1. The molecule has 2 aliphatic heterocycles. The van der Waals surface area contributed by atoms with Crippen molar-refractivity contribution in [3.63, 3.8) is 0 Å². The molecule has 0 radical (unpaired) electrons. The van der Waals surface area contributed by atoms with Crippen LogP contribution in [0.5, 0.6) is 0 Å². The van der Waals surface area contributed by atoms with Gasteiger partial charge >= 0.3 is 5.69 Å². The van der Waals surface area contributed by atoms with Crippen LogP contribution in [0.2, 0.25) is 0 Å². The Labute approximate surface area is 152 Å². The molecule has 140 valence electrons. The second-order valence-corrected chi connectivity index (χ2v) is 7.24. The van der Waals surface area contributed by atoms with Crippen molar-refractivity contribution in [2.45, 2.75) is 31.7 Å². The Bertz CT molecular complexity index is 822. The van der Waals surface area contributed by atoms with Crippen LogP contribution in [0, 0.1) is 0 Å². The predicted octanol–water partition coefficient (Wildman–Crippen LogP) is 1.11. The number of morpholine rings is 1. The molecule has 2 aromatic rings. The van der Waals surface area contributed by atoms with Gasteiger partial charge in [-0.2, -0.15) is 0 Å². The Morgan fingerprint density at radius 2 is 1.96 bits per heavy atom. The van der Waals surface area contributed by atoms with Crippen LogP contribution in [-0.4, -0.2) is 71.1 Å². The summed E-state index contributed by atoms with van der Waals surface area (Å²) in [7, 11) is 0. The molecule has 2 saturated heterocycles. The highest BCUT2D eigenvalue weighted by molar-refractivity contribution is 5.77. The largest absolute Gasteiger partial charge is 0.379 e. The minimum atomic E-state index is -0.184. The van der Waals surface area contributed by atoms with Gasteiger partial charge in [0.05, 0.1) is 24.2 Å². The number of hydrogen-bond donors (Lipinski definition) is 2. The van der Waals surface area contributed by atoms with Crippen LogP contribution in [-0.2, 0) is 16.0 Å². The molecule has 2 fully saturated rings. The van der Waals surface area contributed by atoms with Crippen molar-refractivity contribution in [1.29, 1.82) is 0 Å². The summed E-state index contributed by atoms with van der Waals surface area (Å²) in [6.07, 6.45) is 3.33. The number of H-pyrrole nitrogens is 2. The highest BCUT2D eigenvalue weighted by Crippen LogP contribution is 2.19. The van der Waals surface area contributed by atoms with Crippen LogP contribution in [0.15, 0.2) is 23.0 Å². The van der Waals surface area contributed by atoms with E-state index in [1.807, 2.05) is 23.1 Å². The fourth-order valence-electron chi connectivity index (χ4n) is 4.05. The summed E-state index contributed by atoms with van der Waals surface area (Å²) in [5.74, 6) is 0.261. The zero-order valence-corrected chi connectivity index (χ0v) is 15.0. The average molecular weight is 358 g/mol. The van der Waals surface area contributed by atoms with Crippen LogP contribution in [0.4, 0.5) is 0 Å². The molecule has 1 unspecified atom stereocenters. The van der Waals surface area contributed by atoms with Crippen LogP contribution >= 0.6 is 0 Å². The van der Waals surface area contributed by atoms with Gasteiger partial charge in [-0.15, -0.1) is 0 Å². The minimum absolute atomic E-state index is 0.184. The van der Waals surface area contributed by atoms with E-state index >= 15 is 0 Å². The van der Waals surface area contributed by atoms with Crippen LogP contribution < -0.4 is 5.69 Å². The molecule has 7 heteroatoms. The van der Waals surface area contributed by atoms with Crippen LogP contribution in [0.3, 0.4) is 0 Å². The van der Waals surface area contributed by atoms with Gasteiger partial charge in [-0.3, -0.25) is 9.69 Å². The number of carbonyl (C=O) groups is 1. The molecule has 3 heterocycles. The Balaban J connectivity index is 1.25. The summed E-state index contributed by atoms with van der Waals surface area (Å²) < 4.78 is 5.41. The lowest BCUT2D eigenvalue weighted by molar-refractivity contribution is -0.130. The van der Waals surface area contributed by atoms with Crippen molar-refractivity contribution >= 4 is 16.9 Å². The SMILES string of the molecule is O=C(CCCc1ccc2[nH]c(=O)[nH]c2c1)N1CCC(N2CCOCC2)C1. The van der Waals surface area contributed by atoms with Gasteiger partial charge in [-0.1, -0.05) is 6.07 Å². The number of aromatic nitrogens is 2. The van der Waals surface area contributed by atoms with E-state index < -0.39 is 0 Å². The first-order valence-electron chi connectivity index (χ1n) is 9.49. The third-order valence-electron chi connectivity index (χ3n) is 5.51. The lowest BCUT2D eigenvalue weighted by atomic mass is 10.1. The van der Waals surface area contributed by atoms with Crippen molar-refractivity contribution in [2.24, 2.45) is 0 Å².